The van der Waals surface area contributed by atoms with Crippen molar-refractivity contribution in [3.05, 3.63) is 95.8 Å². The number of fused-ring (bicyclic) bond motifs is 1. The van der Waals surface area contributed by atoms with Gasteiger partial charge in [0.15, 0.2) is 0 Å². The fourth-order valence-corrected chi connectivity index (χ4v) is 3.21. The predicted octanol–water partition coefficient (Wildman–Crippen LogP) is 4.95. The molecule has 1 N–H and O–H groups in total. The van der Waals surface area contributed by atoms with Crippen LogP contribution >= 0.6 is 0 Å². The fraction of sp³-hybridized carbons (Fsp3) is 0.125. The molecule has 0 radical (unpaired) electrons. The molecule has 4 rings (SSSR count). The molecule has 5 heteroatoms. The third-order valence-electron chi connectivity index (χ3n) is 4.68. The number of benzene rings is 3. The maximum Gasteiger partial charge on any atom is 0.337 e. The van der Waals surface area contributed by atoms with Crippen LogP contribution in [0, 0.1) is 0 Å². The minimum atomic E-state index is -0.371. The number of esters is 1. The largest absolute Gasteiger partial charge is 0.465 e. The van der Waals surface area contributed by atoms with E-state index < -0.39 is 0 Å². The van der Waals surface area contributed by atoms with Gasteiger partial charge >= 0.3 is 5.97 Å². The van der Waals surface area contributed by atoms with Crippen molar-refractivity contribution < 1.29 is 9.53 Å². The Morgan fingerprint density at radius 3 is 2.52 bits per heavy atom. The second kappa shape index (κ2) is 8.52. The molecule has 0 aliphatic carbocycles. The number of anilines is 2. The minimum Gasteiger partial charge on any atom is -0.465 e. The summed E-state index contributed by atoms with van der Waals surface area (Å²) >= 11 is 0. The fourth-order valence-electron chi connectivity index (χ4n) is 3.21. The van der Waals surface area contributed by atoms with Crippen LogP contribution in [0.2, 0.25) is 0 Å². The summed E-state index contributed by atoms with van der Waals surface area (Å²) < 4.78 is 4.81. The number of methoxy groups -OCH3 is 1. The Hall–Kier alpha value is -3.73. The lowest BCUT2D eigenvalue weighted by molar-refractivity contribution is 0.0601. The third kappa shape index (κ3) is 4.41. The van der Waals surface area contributed by atoms with Gasteiger partial charge in [-0.1, -0.05) is 48.5 Å². The highest BCUT2D eigenvalue weighted by Crippen LogP contribution is 2.25. The van der Waals surface area contributed by atoms with Gasteiger partial charge in [-0.25, -0.2) is 14.8 Å². The highest BCUT2D eigenvalue weighted by Gasteiger charge is 2.10. The molecule has 5 nitrogen and oxygen atoms in total. The molecule has 29 heavy (non-hydrogen) atoms. The number of aromatic nitrogens is 2. The second-order valence-corrected chi connectivity index (χ2v) is 6.69. The smallest absolute Gasteiger partial charge is 0.337 e. The second-order valence-electron chi connectivity index (χ2n) is 6.69. The molecule has 0 unspecified atom stereocenters. The van der Waals surface area contributed by atoms with Crippen molar-refractivity contribution in [2.24, 2.45) is 0 Å². The van der Waals surface area contributed by atoms with Crippen LogP contribution in [-0.2, 0) is 17.6 Å². The molecule has 0 saturated carbocycles. The number of ether oxygens (including phenoxy) is 1. The Balaban J connectivity index is 1.65. The molecule has 3 aromatic carbocycles. The Labute approximate surface area is 169 Å². The summed E-state index contributed by atoms with van der Waals surface area (Å²) in [5, 5.41) is 4.28. The number of hydrogen-bond donors (Lipinski definition) is 1. The van der Waals surface area contributed by atoms with Gasteiger partial charge in [-0.2, -0.15) is 0 Å². The molecule has 144 valence electrons. The molecule has 0 atom stereocenters. The zero-order chi connectivity index (χ0) is 20.1. The summed E-state index contributed by atoms with van der Waals surface area (Å²) in [6, 6.07) is 25.4. The number of para-hydroxylation sites is 1. The van der Waals surface area contributed by atoms with Gasteiger partial charge < -0.3 is 10.1 Å². The van der Waals surface area contributed by atoms with Gasteiger partial charge in [0.05, 0.1) is 18.2 Å². The number of nitrogens with zero attached hydrogens (tertiary/aromatic N) is 2. The number of nitrogens with one attached hydrogen (secondary N) is 1. The van der Waals surface area contributed by atoms with E-state index >= 15 is 0 Å². The van der Waals surface area contributed by atoms with Crippen LogP contribution in [0.4, 0.5) is 11.5 Å². The number of carbonyl (C=O) groups is 1. The molecule has 0 saturated heterocycles. The molecule has 1 heterocycles. The van der Waals surface area contributed by atoms with E-state index in [0.717, 1.165) is 41.1 Å². The molecule has 0 bridgehead atoms. The summed E-state index contributed by atoms with van der Waals surface area (Å²) in [5.74, 6) is 1.13. The SMILES string of the molecule is COC(=O)c1cccc(Nc2nc(CCc3ccccc3)nc3ccccc23)c1. The molecule has 0 amide bonds. The van der Waals surface area contributed by atoms with E-state index in [1.165, 1.54) is 12.7 Å². The Morgan fingerprint density at radius 1 is 0.897 bits per heavy atom. The van der Waals surface area contributed by atoms with Crippen LogP contribution in [0.5, 0.6) is 0 Å². The van der Waals surface area contributed by atoms with Crippen molar-refractivity contribution in [1.29, 1.82) is 0 Å². The average Bonchev–Trinajstić information content (AvgIpc) is 2.78. The van der Waals surface area contributed by atoms with Gasteiger partial charge in [-0.3, -0.25) is 0 Å². The van der Waals surface area contributed by atoms with Gasteiger partial charge in [-0.15, -0.1) is 0 Å². The van der Waals surface area contributed by atoms with Crippen molar-refractivity contribution in [1.82, 2.24) is 9.97 Å². The zero-order valence-corrected chi connectivity index (χ0v) is 16.1. The van der Waals surface area contributed by atoms with Crippen molar-refractivity contribution in [3.8, 4) is 0 Å². The van der Waals surface area contributed by atoms with E-state index in [2.05, 4.69) is 17.4 Å². The third-order valence-corrected chi connectivity index (χ3v) is 4.68. The Bertz CT molecular complexity index is 1140. The Morgan fingerprint density at radius 2 is 1.69 bits per heavy atom. The summed E-state index contributed by atoms with van der Waals surface area (Å²) in [5.41, 5.74) is 3.40. The lowest BCUT2D eigenvalue weighted by Gasteiger charge is -2.12. The first-order chi connectivity index (χ1) is 14.2. The van der Waals surface area contributed by atoms with E-state index in [9.17, 15) is 4.79 Å². The van der Waals surface area contributed by atoms with Crippen LogP contribution in [-0.4, -0.2) is 23.0 Å². The molecule has 4 aromatic rings. The van der Waals surface area contributed by atoms with Crippen molar-refractivity contribution in [2.45, 2.75) is 12.8 Å². The standard InChI is InChI=1S/C24H21N3O2/c1-29-24(28)18-10-7-11-19(16-18)25-23-20-12-5-6-13-21(20)26-22(27-23)15-14-17-8-3-2-4-9-17/h2-13,16H,14-15H2,1H3,(H,25,26,27). The molecule has 1 aromatic heterocycles. The highest BCUT2D eigenvalue weighted by molar-refractivity contribution is 5.93. The number of carbonyl (C=O) groups excluding carboxylic acids is 1. The van der Waals surface area contributed by atoms with Crippen LogP contribution in [0.25, 0.3) is 10.9 Å². The topological polar surface area (TPSA) is 64.1 Å². The Kier molecular flexibility index (Phi) is 5.47. The van der Waals surface area contributed by atoms with Gasteiger partial charge in [0.2, 0.25) is 0 Å². The number of rotatable bonds is 6. The first kappa shape index (κ1) is 18.6. The molecular weight excluding hydrogens is 362 g/mol. The average molecular weight is 383 g/mol. The lowest BCUT2D eigenvalue weighted by Crippen LogP contribution is -2.05. The predicted molar refractivity (Wildman–Crippen MR) is 114 cm³/mol. The van der Waals surface area contributed by atoms with E-state index in [0.29, 0.717) is 5.56 Å². The van der Waals surface area contributed by atoms with Crippen LogP contribution in [0.1, 0.15) is 21.7 Å². The molecule has 0 fully saturated rings. The van der Waals surface area contributed by atoms with Crippen molar-refractivity contribution in [2.75, 3.05) is 12.4 Å². The number of hydrogen-bond acceptors (Lipinski definition) is 5. The quantitative estimate of drug-likeness (QED) is 0.478. The van der Waals surface area contributed by atoms with E-state index in [1.54, 1.807) is 12.1 Å². The normalized spacial score (nSPS) is 10.7. The molecule has 0 aliphatic heterocycles. The first-order valence-corrected chi connectivity index (χ1v) is 9.48. The number of aryl methyl sites for hydroxylation is 2. The molecule has 0 spiro atoms. The summed E-state index contributed by atoms with van der Waals surface area (Å²) in [6.07, 6.45) is 1.61. The first-order valence-electron chi connectivity index (χ1n) is 9.48. The molecule has 0 aliphatic rings. The van der Waals surface area contributed by atoms with Gasteiger partial charge in [0, 0.05) is 17.5 Å². The maximum atomic E-state index is 11.8. The van der Waals surface area contributed by atoms with Gasteiger partial charge in [0.1, 0.15) is 11.6 Å². The van der Waals surface area contributed by atoms with Gasteiger partial charge in [-0.05, 0) is 42.3 Å². The summed E-state index contributed by atoms with van der Waals surface area (Å²) in [4.78, 5) is 21.3. The van der Waals surface area contributed by atoms with Crippen molar-refractivity contribution in [3.63, 3.8) is 0 Å². The molecular formula is C24H21N3O2. The highest BCUT2D eigenvalue weighted by atomic mass is 16.5. The van der Waals surface area contributed by atoms with E-state index in [-0.39, 0.29) is 5.97 Å². The monoisotopic (exact) mass is 383 g/mol. The summed E-state index contributed by atoms with van der Waals surface area (Å²) in [6.45, 7) is 0. The zero-order valence-electron chi connectivity index (χ0n) is 16.1. The summed E-state index contributed by atoms with van der Waals surface area (Å²) in [7, 11) is 1.37. The van der Waals surface area contributed by atoms with Gasteiger partial charge in [0.25, 0.3) is 0 Å². The minimum absolute atomic E-state index is 0.371. The maximum absolute atomic E-state index is 11.8. The lowest BCUT2D eigenvalue weighted by atomic mass is 10.1. The van der Waals surface area contributed by atoms with E-state index in [1.807, 2.05) is 54.6 Å². The van der Waals surface area contributed by atoms with Crippen LogP contribution < -0.4 is 5.32 Å². The van der Waals surface area contributed by atoms with Crippen LogP contribution in [0.15, 0.2) is 78.9 Å². The van der Waals surface area contributed by atoms with E-state index in [4.69, 9.17) is 14.7 Å². The van der Waals surface area contributed by atoms with Crippen molar-refractivity contribution >= 4 is 28.4 Å². The van der Waals surface area contributed by atoms with Crippen LogP contribution in [0.3, 0.4) is 0 Å².